The van der Waals surface area contributed by atoms with E-state index in [0.717, 1.165) is 40.0 Å². The van der Waals surface area contributed by atoms with Crippen LogP contribution in [0, 0.1) is 0 Å². The van der Waals surface area contributed by atoms with E-state index in [0.29, 0.717) is 17.2 Å². The van der Waals surface area contributed by atoms with Crippen molar-refractivity contribution in [2.45, 2.75) is 13.8 Å². The highest BCUT2D eigenvalue weighted by Gasteiger charge is 2.09. The number of benzene rings is 3. The van der Waals surface area contributed by atoms with Crippen LogP contribution in [0.4, 0.5) is 0 Å². The van der Waals surface area contributed by atoms with Gasteiger partial charge in [0.25, 0.3) is 0 Å². The topological polar surface area (TPSA) is 61.8 Å². The first-order valence-corrected chi connectivity index (χ1v) is 10.9. The molecule has 35 heavy (non-hydrogen) atoms. The molecule has 0 radical (unpaired) electrons. The number of hydrogen-bond acceptors (Lipinski definition) is 5. The lowest BCUT2D eigenvalue weighted by Gasteiger charge is -2.11. The van der Waals surface area contributed by atoms with Gasteiger partial charge in [0, 0.05) is 17.7 Å². The second-order valence-corrected chi connectivity index (χ2v) is 7.75. The average molecular weight is 467 g/mol. The molecule has 0 spiro atoms. The molecule has 3 rings (SSSR count). The maximum atomic E-state index is 11.4. The predicted octanol–water partition coefficient (Wildman–Crippen LogP) is 7.01. The first-order valence-electron chi connectivity index (χ1n) is 10.9. The van der Waals surface area contributed by atoms with Crippen LogP contribution in [-0.2, 0) is 9.59 Å². The van der Waals surface area contributed by atoms with Gasteiger partial charge < -0.3 is 14.2 Å². The van der Waals surface area contributed by atoms with E-state index in [-0.39, 0.29) is 0 Å². The molecule has 0 aliphatic rings. The fourth-order valence-corrected chi connectivity index (χ4v) is 3.02. The molecule has 0 saturated heterocycles. The highest BCUT2D eigenvalue weighted by molar-refractivity contribution is 5.84. The summed E-state index contributed by atoms with van der Waals surface area (Å²) in [6.07, 6.45) is 7.88. The minimum absolute atomic E-state index is 0.440. The van der Waals surface area contributed by atoms with E-state index in [4.69, 9.17) is 14.2 Å². The number of allylic oxidation sites excluding steroid dienone is 1. The summed E-state index contributed by atoms with van der Waals surface area (Å²) in [6, 6.07) is 20.3. The van der Waals surface area contributed by atoms with Crippen LogP contribution in [0.5, 0.6) is 17.2 Å². The zero-order chi connectivity index (χ0) is 25.2. The monoisotopic (exact) mass is 466 g/mol. The fraction of sp³-hybridized carbons (Fsp3) is 0.0667. The Labute approximate surface area is 205 Å². The van der Waals surface area contributed by atoms with E-state index < -0.39 is 11.9 Å². The minimum Gasteiger partial charge on any atom is -0.464 e. The summed E-state index contributed by atoms with van der Waals surface area (Å²) in [5.74, 6) is 0.587. The molecular weight excluding hydrogens is 440 g/mol. The lowest BCUT2D eigenvalue weighted by molar-refractivity contribution is -0.129. The van der Waals surface area contributed by atoms with Crippen LogP contribution in [0.15, 0.2) is 104 Å². The Hall–Kier alpha value is -4.64. The van der Waals surface area contributed by atoms with E-state index in [1.807, 2.05) is 68.5 Å². The number of hydrogen-bond donors (Lipinski definition) is 0. The zero-order valence-electron chi connectivity index (χ0n) is 19.7. The lowest BCUT2D eigenvalue weighted by Crippen LogP contribution is -2.02. The van der Waals surface area contributed by atoms with Crippen LogP contribution < -0.4 is 14.2 Å². The Morgan fingerprint density at radius 2 is 1.23 bits per heavy atom. The molecule has 0 unspecified atom stereocenters. The van der Waals surface area contributed by atoms with Crippen LogP contribution in [-0.4, -0.2) is 11.9 Å². The van der Waals surface area contributed by atoms with Gasteiger partial charge in [0.05, 0.1) is 6.26 Å². The third-order valence-corrected chi connectivity index (χ3v) is 4.71. The largest absolute Gasteiger partial charge is 0.464 e. The Kier molecular flexibility index (Phi) is 8.57. The molecule has 0 saturated carbocycles. The van der Waals surface area contributed by atoms with Crippen LogP contribution >= 0.6 is 0 Å². The van der Waals surface area contributed by atoms with Crippen molar-refractivity contribution >= 4 is 24.1 Å². The summed E-state index contributed by atoms with van der Waals surface area (Å²) in [7, 11) is 0. The summed E-state index contributed by atoms with van der Waals surface area (Å²) in [6.45, 7) is 10.7. The summed E-state index contributed by atoms with van der Waals surface area (Å²) in [5.41, 5.74) is 4.74. The van der Waals surface area contributed by atoms with Gasteiger partial charge in [-0.05, 0) is 66.4 Å². The van der Waals surface area contributed by atoms with Crippen molar-refractivity contribution in [3.05, 3.63) is 115 Å². The normalized spacial score (nSPS) is 10.3. The third-order valence-electron chi connectivity index (χ3n) is 4.71. The second-order valence-electron chi connectivity index (χ2n) is 7.75. The molecule has 0 N–H and O–H groups in total. The van der Waals surface area contributed by atoms with Crippen LogP contribution in [0.1, 0.15) is 25.0 Å². The van der Waals surface area contributed by atoms with Crippen molar-refractivity contribution in [3.63, 3.8) is 0 Å². The molecular formula is C30H26O5. The van der Waals surface area contributed by atoms with E-state index in [9.17, 15) is 9.59 Å². The highest BCUT2D eigenvalue weighted by atomic mass is 16.5. The number of esters is 2. The molecule has 0 atom stereocenters. The number of rotatable bonds is 9. The molecule has 0 aliphatic carbocycles. The van der Waals surface area contributed by atoms with Gasteiger partial charge in [-0.1, -0.05) is 61.7 Å². The van der Waals surface area contributed by atoms with Gasteiger partial charge in [0.1, 0.15) is 17.2 Å². The van der Waals surface area contributed by atoms with Gasteiger partial charge in [0.2, 0.25) is 0 Å². The molecule has 0 amide bonds. The molecule has 3 aromatic carbocycles. The Bertz CT molecular complexity index is 1280. The SMILES string of the molecule is C=CC(=O)Oc1ccc(/C=C/c2ccc(-c3ccc(OC(=O)C=C)cc3)c(OC=C(C)C)c2)cc1. The fourth-order valence-electron chi connectivity index (χ4n) is 3.02. The predicted molar refractivity (Wildman–Crippen MR) is 139 cm³/mol. The van der Waals surface area contributed by atoms with Gasteiger partial charge in [-0.3, -0.25) is 0 Å². The van der Waals surface area contributed by atoms with Crippen molar-refractivity contribution in [2.75, 3.05) is 0 Å². The number of ether oxygens (including phenoxy) is 3. The van der Waals surface area contributed by atoms with Crippen molar-refractivity contribution in [2.24, 2.45) is 0 Å². The Morgan fingerprint density at radius 1 is 0.714 bits per heavy atom. The van der Waals surface area contributed by atoms with E-state index in [1.165, 1.54) is 0 Å². The molecule has 5 nitrogen and oxygen atoms in total. The standard InChI is InChI=1S/C30H26O5/c1-5-29(31)34-25-14-9-22(10-15-25)7-8-23-11-18-27(28(19-23)33-20-21(3)4)24-12-16-26(17-13-24)35-30(32)6-2/h5-20H,1-2H2,3-4H3/b8-7+. The Balaban J connectivity index is 1.84. The van der Waals surface area contributed by atoms with Crippen molar-refractivity contribution in [3.8, 4) is 28.4 Å². The van der Waals surface area contributed by atoms with Gasteiger partial charge in [-0.2, -0.15) is 0 Å². The van der Waals surface area contributed by atoms with Crippen molar-refractivity contribution in [1.82, 2.24) is 0 Å². The van der Waals surface area contributed by atoms with Gasteiger partial charge in [-0.25, -0.2) is 9.59 Å². The zero-order valence-corrected chi connectivity index (χ0v) is 19.7. The minimum atomic E-state index is -0.506. The van der Waals surface area contributed by atoms with Gasteiger partial charge in [-0.15, -0.1) is 0 Å². The van der Waals surface area contributed by atoms with Crippen LogP contribution in [0.2, 0.25) is 0 Å². The summed E-state index contributed by atoms with van der Waals surface area (Å²) >= 11 is 0. The summed E-state index contributed by atoms with van der Waals surface area (Å²) < 4.78 is 16.2. The molecule has 0 aromatic heterocycles. The number of carbonyl (C=O) groups is 2. The maximum absolute atomic E-state index is 11.4. The molecule has 5 heteroatoms. The molecule has 0 fully saturated rings. The molecule has 176 valence electrons. The summed E-state index contributed by atoms with van der Waals surface area (Å²) in [5, 5.41) is 0. The second kappa shape index (κ2) is 12.0. The van der Waals surface area contributed by atoms with E-state index in [1.54, 1.807) is 30.5 Å². The highest BCUT2D eigenvalue weighted by Crippen LogP contribution is 2.33. The van der Waals surface area contributed by atoms with E-state index in [2.05, 4.69) is 13.2 Å². The van der Waals surface area contributed by atoms with Crippen molar-refractivity contribution < 1.29 is 23.8 Å². The summed E-state index contributed by atoms with van der Waals surface area (Å²) in [4.78, 5) is 22.7. The molecule has 0 heterocycles. The van der Waals surface area contributed by atoms with Crippen molar-refractivity contribution in [1.29, 1.82) is 0 Å². The van der Waals surface area contributed by atoms with Crippen LogP contribution in [0.3, 0.4) is 0 Å². The van der Waals surface area contributed by atoms with Gasteiger partial charge in [0.15, 0.2) is 0 Å². The lowest BCUT2D eigenvalue weighted by atomic mass is 10.0. The first kappa shape index (κ1) is 25.0. The van der Waals surface area contributed by atoms with Crippen LogP contribution in [0.25, 0.3) is 23.3 Å². The molecule has 0 bridgehead atoms. The van der Waals surface area contributed by atoms with Gasteiger partial charge >= 0.3 is 11.9 Å². The molecule has 0 aliphatic heterocycles. The average Bonchev–Trinajstić information content (AvgIpc) is 2.87. The smallest absolute Gasteiger partial charge is 0.335 e. The number of carbonyl (C=O) groups excluding carboxylic acids is 2. The maximum Gasteiger partial charge on any atom is 0.335 e. The third kappa shape index (κ3) is 7.44. The quantitative estimate of drug-likeness (QED) is 0.112. The molecule has 3 aromatic rings. The first-order chi connectivity index (χ1) is 16.9. The van der Waals surface area contributed by atoms with E-state index >= 15 is 0 Å². The Morgan fingerprint density at radius 3 is 1.77 bits per heavy atom.